The van der Waals surface area contributed by atoms with Gasteiger partial charge in [0.25, 0.3) is 0 Å². The Morgan fingerprint density at radius 1 is 1.00 bits per heavy atom. The Labute approximate surface area is 125 Å². The Morgan fingerprint density at radius 2 is 1.86 bits per heavy atom. The van der Waals surface area contributed by atoms with Crippen LogP contribution in [0.3, 0.4) is 0 Å². The van der Waals surface area contributed by atoms with E-state index in [2.05, 4.69) is 66.6 Å². The van der Waals surface area contributed by atoms with Crippen LogP contribution in [0.5, 0.6) is 0 Å². The highest BCUT2D eigenvalue weighted by atomic mass is 15.0. The van der Waals surface area contributed by atoms with Crippen LogP contribution in [0.15, 0.2) is 42.5 Å². The van der Waals surface area contributed by atoms with Crippen molar-refractivity contribution in [1.29, 1.82) is 0 Å². The summed E-state index contributed by atoms with van der Waals surface area (Å²) in [4.78, 5) is 3.65. The van der Waals surface area contributed by atoms with E-state index in [1.807, 2.05) is 0 Å². The molecule has 1 aromatic heterocycles. The molecule has 2 aromatic carbocycles. The predicted octanol–water partition coefficient (Wildman–Crippen LogP) is 4.02. The zero-order valence-corrected chi connectivity index (χ0v) is 12.5. The molecule has 1 aliphatic rings. The highest BCUT2D eigenvalue weighted by molar-refractivity contribution is 5.86. The molecular formula is C19H20N2. The molecular weight excluding hydrogens is 256 g/mol. The van der Waals surface area contributed by atoms with Gasteiger partial charge < -0.3 is 10.3 Å². The molecule has 0 saturated carbocycles. The number of hydrogen-bond acceptors (Lipinski definition) is 1. The van der Waals surface area contributed by atoms with Gasteiger partial charge in [-0.3, -0.25) is 0 Å². The minimum absolute atomic E-state index is 0.279. The molecule has 21 heavy (non-hydrogen) atoms. The van der Waals surface area contributed by atoms with Crippen molar-refractivity contribution in [1.82, 2.24) is 10.3 Å². The third-order valence-corrected chi connectivity index (χ3v) is 4.48. The van der Waals surface area contributed by atoms with E-state index >= 15 is 0 Å². The Kier molecular flexibility index (Phi) is 2.86. The third-order valence-electron chi connectivity index (χ3n) is 4.48. The molecule has 2 heterocycles. The number of aromatic amines is 1. The van der Waals surface area contributed by atoms with Crippen LogP contribution in [0.25, 0.3) is 10.9 Å². The summed E-state index contributed by atoms with van der Waals surface area (Å²) < 4.78 is 0. The van der Waals surface area contributed by atoms with Crippen molar-refractivity contribution in [3.8, 4) is 0 Å². The summed E-state index contributed by atoms with van der Waals surface area (Å²) in [6.45, 7) is 5.35. The van der Waals surface area contributed by atoms with Crippen molar-refractivity contribution in [2.45, 2.75) is 26.3 Å². The summed E-state index contributed by atoms with van der Waals surface area (Å²) in [5, 5.41) is 5.06. The first kappa shape index (κ1) is 12.7. The minimum atomic E-state index is 0.279. The van der Waals surface area contributed by atoms with Gasteiger partial charge in [-0.05, 0) is 43.5 Å². The number of rotatable bonds is 1. The summed E-state index contributed by atoms with van der Waals surface area (Å²) in [7, 11) is 0. The second-order valence-electron chi connectivity index (χ2n) is 6.12. The Bertz CT molecular complexity index is 814. The van der Waals surface area contributed by atoms with Crippen molar-refractivity contribution in [2.24, 2.45) is 0 Å². The molecule has 106 valence electrons. The van der Waals surface area contributed by atoms with Gasteiger partial charge in [-0.2, -0.15) is 0 Å². The fraction of sp³-hybridized carbons (Fsp3) is 0.263. The molecule has 0 bridgehead atoms. The maximum atomic E-state index is 3.66. The normalized spacial score (nSPS) is 17.9. The fourth-order valence-electron chi connectivity index (χ4n) is 3.48. The van der Waals surface area contributed by atoms with E-state index in [4.69, 9.17) is 0 Å². The molecule has 1 aliphatic heterocycles. The standard InChI is InChI=1S/C19H20N2/c1-12-4-3-5-14(10-12)18-19-15(8-9-20-18)16-11-13(2)6-7-17(16)21-19/h3-7,10-11,18,20-21H,8-9H2,1-2H3. The number of aryl methyl sites for hydroxylation is 2. The average Bonchev–Trinajstić information content (AvgIpc) is 2.85. The lowest BCUT2D eigenvalue weighted by molar-refractivity contribution is 0.560. The molecule has 0 fully saturated rings. The van der Waals surface area contributed by atoms with E-state index in [1.165, 1.54) is 38.9 Å². The zero-order valence-electron chi connectivity index (χ0n) is 12.5. The first-order valence-electron chi connectivity index (χ1n) is 7.63. The average molecular weight is 276 g/mol. The zero-order chi connectivity index (χ0) is 14.4. The molecule has 2 N–H and O–H groups in total. The van der Waals surface area contributed by atoms with E-state index in [1.54, 1.807) is 0 Å². The van der Waals surface area contributed by atoms with Crippen LogP contribution in [0.4, 0.5) is 0 Å². The lowest BCUT2D eigenvalue weighted by atomic mass is 9.93. The number of hydrogen-bond donors (Lipinski definition) is 2. The lowest BCUT2D eigenvalue weighted by Gasteiger charge is -2.25. The maximum absolute atomic E-state index is 3.66. The van der Waals surface area contributed by atoms with E-state index in [0.717, 1.165) is 13.0 Å². The molecule has 0 radical (unpaired) electrons. The summed E-state index contributed by atoms with van der Waals surface area (Å²) in [5.41, 5.74) is 8.07. The smallest absolute Gasteiger partial charge is 0.0732 e. The number of fused-ring (bicyclic) bond motifs is 3. The Hall–Kier alpha value is -2.06. The van der Waals surface area contributed by atoms with Gasteiger partial charge in [0.05, 0.1) is 6.04 Å². The van der Waals surface area contributed by atoms with Gasteiger partial charge in [0.1, 0.15) is 0 Å². The van der Waals surface area contributed by atoms with Crippen LogP contribution in [-0.2, 0) is 6.42 Å². The molecule has 0 amide bonds. The molecule has 0 aliphatic carbocycles. The summed E-state index contributed by atoms with van der Waals surface area (Å²) >= 11 is 0. The van der Waals surface area contributed by atoms with E-state index < -0.39 is 0 Å². The molecule has 2 nitrogen and oxygen atoms in total. The lowest BCUT2D eigenvalue weighted by Crippen LogP contribution is -2.30. The first-order chi connectivity index (χ1) is 10.2. The largest absolute Gasteiger partial charge is 0.357 e. The van der Waals surface area contributed by atoms with Gasteiger partial charge in [-0.25, -0.2) is 0 Å². The number of nitrogens with one attached hydrogen (secondary N) is 2. The molecule has 0 spiro atoms. The van der Waals surface area contributed by atoms with Crippen molar-refractivity contribution in [2.75, 3.05) is 6.54 Å². The monoisotopic (exact) mass is 276 g/mol. The second kappa shape index (κ2) is 4.74. The van der Waals surface area contributed by atoms with Gasteiger partial charge >= 0.3 is 0 Å². The number of aromatic nitrogens is 1. The summed E-state index contributed by atoms with van der Waals surface area (Å²) in [6, 6.07) is 15.8. The van der Waals surface area contributed by atoms with Gasteiger partial charge in [0.15, 0.2) is 0 Å². The van der Waals surface area contributed by atoms with E-state index in [9.17, 15) is 0 Å². The van der Waals surface area contributed by atoms with Crippen molar-refractivity contribution in [3.63, 3.8) is 0 Å². The van der Waals surface area contributed by atoms with Gasteiger partial charge in [0.2, 0.25) is 0 Å². The van der Waals surface area contributed by atoms with Crippen molar-refractivity contribution in [3.05, 3.63) is 70.4 Å². The highest BCUT2D eigenvalue weighted by Crippen LogP contribution is 2.34. The third kappa shape index (κ3) is 2.07. The number of benzene rings is 2. The summed E-state index contributed by atoms with van der Waals surface area (Å²) in [5.74, 6) is 0. The van der Waals surface area contributed by atoms with Crippen LogP contribution in [0.1, 0.15) is 34.0 Å². The molecule has 1 atom stereocenters. The van der Waals surface area contributed by atoms with Gasteiger partial charge in [-0.15, -0.1) is 0 Å². The molecule has 0 saturated heterocycles. The molecule has 3 aromatic rings. The molecule has 1 unspecified atom stereocenters. The fourth-order valence-corrected chi connectivity index (χ4v) is 3.48. The second-order valence-corrected chi connectivity index (χ2v) is 6.12. The molecule has 4 rings (SSSR count). The summed E-state index contributed by atoms with van der Waals surface area (Å²) in [6.07, 6.45) is 1.10. The SMILES string of the molecule is Cc1cccc(C2NCCc3c2[nH]c2ccc(C)cc32)c1. The van der Waals surface area contributed by atoms with Gasteiger partial charge in [0, 0.05) is 23.1 Å². The minimum Gasteiger partial charge on any atom is -0.357 e. The maximum Gasteiger partial charge on any atom is 0.0732 e. The Balaban J connectivity index is 1.90. The van der Waals surface area contributed by atoms with Crippen LogP contribution in [0.2, 0.25) is 0 Å². The van der Waals surface area contributed by atoms with E-state index in [-0.39, 0.29) is 6.04 Å². The van der Waals surface area contributed by atoms with Crippen LogP contribution in [0, 0.1) is 13.8 Å². The quantitative estimate of drug-likeness (QED) is 0.690. The van der Waals surface area contributed by atoms with Crippen LogP contribution in [-0.4, -0.2) is 11.5 Å². The predicted molar refractivity (Wildman–Crippen MR) is 87.8 cm³/mol. The van der Waals surface area contributed by atoms with Crippen LogP contribution < -0.4 is 5.32 Å². The van der Waals surface area contributed by atoms with Gasteiger partial charge in [-0.1, -0.05) is 41.5 Å². The molecule has 2 heteroatoms. The Morgan fingerprint density at radius 3 is 2.71 bits per heavy atom. The first-order valence-corrected chi connectivity index (χ1v) is 7.63. The van der Waals surface area contributed by atoms with Crippen molar-refractivity contribution >= 4 is 10.9 Å². The topological polar surface area (TPSA) is 27.8 Å². The van der Waals surface area contributed by atoms with Crippen molar-refractivity contribution < 1.29 is 0 Å². The number of H-pyrrole nitrogens is 1. The highest BCUT2D eigenvalue weighted by Gasteiger charge is 2.25. The van der Waals surface area contributed by atoms with Crippen LogP contribution >= 0.6 is 0 Å². The van der Waals surface area contributed by atoms with E-state index in [0.29, 0.717) is 0 Å².